The normalized spacial score (nSPS) is 17.4. The number of amides is 1. The van der Waals surface area contributed by atoms with Crippen molar-refractivity contribution in [2.24, 2.45) is 5.92 Å². The first-order valence-electron chi connectivity index (χ1n) is 10.6. The molecule has 1 aliphatic rings. The second-order valence-electron chi connectivity index (χ2n) is 7.70. The van der Waals surface area contributed by atoms with Crippen LogP contribution in [0, 0.1) is 5.92 Å². The summed E-state index contributed by atoms with van der Waals surface area (Å²) in [6.07, 6.45) is 2.77. The average molecular weight is 481 g/mol. The molecule has 0 saturated carbocycles. The number of nitrogens with one attached hydrogen (secondary N) is 1. The van der Waals surface area contributed by atoms with E-state index in [0.29, 0.717) is 24.5 Å². The van der Waals surface area contributed by atoms with Gasteiger partial charge in [-0.25, -0.2) is 12.7 Å². The molecule has 3 rings (SSSR count). The van der Waals surface area contributed by atoms with Gasteiger partial charge >= 0.3 is 0 Å². The highest BCUT2D eigenvalue weighted by molar-refractivity contribution is 7.99. The lowest BCUT2D eigenvalue weighted by molar-refractivity contribution is -0.125. The topological polar surface area (TPSA) is 66.5 Å². The van der Waals surface area contributed by atoms with Crippen molar-refractivity contribution in [3.05, 3.63) is 65.2 Å². The highest BCUT2D eigenvalue weighted by Gasteiger charge is 2.31. The van der Waals surface area contributed by atoms with Crippen molar-refractivity contribution in [2.75, 3.05) is 31.1 Å². The first-order valence-corrected chi connectivity index (χ1v) is 13.6. The Bertz CT molecular complexity index is 937. The number of nitrogens with zero attached hydrogens (tertiary/aromatic N) is 1. The number of benzene rings is 2. The molecule has 0 bridgehead atoms. The molecule has 0 aliphatic carbocycles. The number of carbonyl (C=O) groups is 1. The number of rotatable bonds is 10. The summed E-state index contributed by atoms with van der Waals surface area (Å²) in [6, 6.07) is 17.5. The van der Waals surface area contributed by atoms with Gasteiger partial charge in [0.2, 0.25) is 15.9 Å². The lowest BCUT2D eigenvalue weighted by atomic mass is 9.99. The smallest absolute Gasteiger partial charge is 0.224 e. The van der Waals surface area contributed by atoms with E-state index in [0.717, 1.165) is 35.5 Å². The van der Waals surface area contributed by atoms with Crippen LogP contribution in [0.25, 0.3) is 0 Å². The molecule has 2 aromatic rings. The number of carbonyl (C=O) groups excluding carboxylic acids is 1. The van der Waals surface area contributed by atoms with E-state index in [1.54, 1.807) is 11.8 Å². The molecule has 0 radical (unpaired) electrons. The minimum atomic E-state index is -3.35. The number of sulfonamides is 1. The fourth-order valence-corrected chi connectivity index (χ4v) is 6.14. The number of aryl methyl sites for hydroxylation is 1. The summed E-state index contributed by atoms with van der Waals surface area (Å²) in [4.78, 5) is 13.7. The Morgan fingerprint density at radius 1 is 1.13 bits per heavy atom. The van der Waals surface area contributed by atoms with Crippen molar-refractivity contribution in [3.63, 3.8) is 0 Å². The molecule has 1 N–H and O–H groups in total. The third kappa shape index (κ3) is 7.83. The van der Waals surface area contributed by atoms with E-state index in [1.807, 2.05) is 54.6 Å². The molecule has 168 valence electrons. The lowest BCUT2D eigenvalue weighted by Crippen LogP contribution is -2.46. The standard InChI is InChI=1S/C23H29ClN2O3S2/c24-21-10-12-22(13-11-21)30-16-14-25-23(27)20-9-4-15-26(18-20)31(28,29)17-5-8-19-6-2-1-3-7-19/h1-3,6-7,10-13,20H,4-5,8-9,14-18H2,(H,25,27)/t20-/m0/s1. The Kier molecular flexibility index (Phi) is 9.26. The van der Waals surface area contributed by atoms with E-state index in [-0.39, 0.29) is 24.1 Å². The van der Waals surface area contributed by atoms with Crippen LogP contribution in [0.15, 0.2) is 59.5 Å². The van der Waals surface area contributed by atoms with Gasteiger partial charge < -0.3 is 5.32 Å². The van der Waals surface area contributed by atoms with Gasteiger partial charge in [0.05, 0.1) is 11.7 Å². The third-order valence-electron chi connectivity index (χ3n) is 5.34. The van der Waals surface area contributed by atoms with Gasteiger partial charge in [-0.2, -0.15) is 0 Å². The van der Waals surface area contributed by atoms with Gasteiger partial charge in [-0.1, -0.05) is 41.9 Å². The van der Waals surface area contributed by atoms with Crippen LogP contribution in [0.1, 0.15) is 24.8 Å². The Morgan fingerprint density at radius 2 is 1.87 bits per heavy atom. The maximum absolute atomic E-state index is 12.8. The number of hydrogen-bond acceptors (Lipinski definition) is 4. The van der Waals surface area contributed by atoms with Crippen LogP contribution in [0.3, 0.4) is 0 Å². The maximum Gasteiger partial charge on any atom is 0.224 e. The van der Waals surface area contributed by atoms with Crippen LogP contribution in [0.5, 0.6) is 0 Å². The zero-order chi connectivity index (χ0) is 22.1. The Balaban J connectivity index is 1.40. The van der Waals surface area contributed by atoms with Crippen LogP contribution in [0.2, 0.25) is 5.02 Å². The van der Waals surface area contributed by atoms with Gasteiger partial charge in [-0.3, -0.25) is 4.79 Å². The molecule has 1 fully saturated rings. The molecule has 1 heterocycles. The maximum atomic E-state index is 12.8. The van der Waals surface area contributed by atoms with Crippen LogP contribution in [0.4, 0.5) is 0 Å². The van der Waals surface area contributed by atoms with Gasteiger partial charge in [0.1, 0.15) is 0 Å². The van der Waals surface area contributed by atoms with Gasteiger partial charge in [0.25, 0.3) is 0 Å². The highest BCUT2D eigenvalue weighted by atomic mass is 35.5. The fourth-order valence-electron chi connectivity index (χ4n) is 3.66. The fraction of sp³-hybridized carbons (Fsp3) is 0.435. The van der Waals surface area contributed by atoms with Gasteiger partial charge in [0, 0.05) is 35.3 Å². The number of hydrogen-bond donors (Lipinski definition) is 1. The number of halogens is 1. The van der Waals surface area contributed by atoms with Crippen LogP contribution in [-0.2, 0) is 21.2 Å². The van der Waals surface area contributed by atoms with Crippen molar-refractivity contribution < 1.29 is 13.2 Å². The van der Waals surface area contributed by atoms with Crippen molar-refractivity contribution in [1.82, 2.24) is 9.62 Å². The molecule has 0 unspecified atom stereocenters. The molecular formula is C23H29ClN2O3S2. The summed E-state index contributed by atoms with van der Waals surface area (Å²) in [5.74, 6) is 0.536. The monoisotopic (exact) mass is 480 g/mol. The summed E-state index contributed by atoms with van der Waals surface area (Å²) >= 11 is 7.54. The van der Waals surface area contributed by atoms with Gasteiger partial charge in [-0.15, -0.1) is 11.8 Å². The number of thioether (sulfide) groups is 1. The van der Waals surface area contributed by atoms with E-state index in [9.17, 15) is 13.2 Å². The van der Waals surface area contributed by atoms with E-state index in [1.165, 1.54) is 4.31 Å². The van der Waals surface area contributed by atoms with Crippen molar-refractivity contribution in [3.8, 4) is 0 Å². The summed E-state index contributed by atoms with van der Waals surface area (Å²) in [6.45, 7) is 1.33. The average Bonchev–Trinajstić information content (AvgIpc) is 2.78. The Labute approximate surface area is 194 Å². The molecule has 1 aliphatic heterocycles. The SMILES string of the molecule is O=C(NCCSc1ccc(Cl)cc1)[C@H]1CCCN(S(=O)(=O)CCCc2ccccc2)C1. The first-order chi connectivity index (χ1) is 14.9. The van der Waals surface area contributed by atoms with E-state index >= 15 is 0 Å². The minimum absolute atomic E-state index is 0.0547. The molecular weight excluding hydrogens is 452 g/mol. The molecule has 8 heteroatoms. The molecule has 0 spiro atoms. The van der Waals surface area contributed by atoms with Gasteiger partial charge in [-0.05, 0) is 55.5 Å². The molecule has 1 amide bonds. The second-order valence-corrected chi connectivity index (χ2v) is 11.4. The molecule has 1 saturated heterocycles. The molecule has 5 nitrogen and oxygen atoms in total. The van der Waals surface area contributed by atoms with Crippen molar-refractivity contribution >= 4 is 39.3 Å². The van der Waals surface area contributed by atoms with Crippen molar-refractivity contribution in [2.45, 2.75) is 30.6 Å². The largest absolute Gasteiger partial charge is 0.355 e. The molecule has 2 aromatic carbocycles. The summed E-state index contributed by atoms with van der Waals surface area (Å²) in [5, 5.41) is 3.67. The molecule has 31 heavy (non-hydrogen) atoms. The van der Waals surface area contributed by atoms with Crippen LogP contribution in [-0.4, -0.2) is 49.8 Å². The lowest BCUT2D eigenvalue weighted by Gasteiger charge is -2.31. The van der Waals surface area contributed by atoms with Gasteiger partial charge in [0.15, 0.2) is 0 Å². The zero-order valence-corrected chi connectivity index (χ0v) is 19.9. The Hall–Kier alpha value is -1.54. The van der Waals surface area contributed by atoms with E-state index < -0.39 is 10.0 Å². The highest BCUT2D eigenvalue weighted by Crippen LogP contribution is 2.22. The summed E-state index contributed by atoms with van der Waals surface area (Å²) < 4.78 is 27.0. The minimum Gasteiger partial charge on any atom is -0.355 e. The van der Waals surface area contributed by atoms with E-state index in [2.05, 4.69) is 5.32 Å². The van der Waals surface area contributed by atoms with E-state index in [4.69, 9.17) is 11.6 Å². The Morgan fingerprint density at radius 3 is 2.61 bits per heavy atom. The van der Waals surface area contributed by atoms with Crippen LogP contribution < -0.4 is 5.32 Å². The summed E-state index contributed by atoms with van der Waals surface area (Å²) in [7, 11) is -3.35. The predicted octanol–water partition coefficient (Wildman–Crippen LogP) is 4.22. The first kappa shape index (κ1) is 24.1. The second kappa shape index (κ2) is 11.9. The zero-order valence-electron chi connectivity index (χ0n) is 17.5. The molecule has 1 atom stereocenters. The van der Waals surface area contributed by atoms with Crippen molar-refractivity contribution in [1.29, 1.82) is 0 Å². The third-order valence-corrected chi connectivity index (χ3v) is 8.53. The predicted molar refractivity (Wildman–Crippen MR) is 128 cm³/mol. The van der Waals surface area contributed by atoms with Crippen LogP contribution >= 0.6 is 23.4 Å². The summed E-state index contributed by atoms with van der Waals surface area (Å²) in [5.41, 5.74) is 1.14. The molecule has 0 aromatic heterocycles. The quantitative estimate of drug-likeness (QED) is 0.408. The number of piperidine rings is 1.